The molecule has 0 fully saturated rings. The standard InChI is InChI=1S/C24H34N2O/c1-17(2)14-18-10-7-8-13-21(18)23(26-6)22(25)19-11-9-12-20(15-19)27-16-24(3,4)5/h7-13,15,17,26H,14,16,25H2,1-6H3/b23-22-. The molecule has 3 nitrogen and oxygen atoms in total. The summed E-state index contributed by atoms with van der Waals surface area (Å²) in [5.41, 5.74) is 11.8. The zero-order valence-electron chi connectivity index (χ0n) is 17.6. The Morgan fingerprint density at radius 1 is 1.07 bits per heavy atom. The minimum absolute atomic E-state index is 0.114. The molecule has 0 saturated heterocycles. The summed E-state index contributed by atoms with van der Waals surface area (Å²) in [7, 11) is 1.92. The number of ether oxygens (including phenoxy) is 1. The van der Waals surface area contributed by atoms with E-state index in [9.17, 15) is 0 Å². The van der Waals surface area contributed by atoms with Crippen LogP contribution in [-0.4, -0.2) is 13.7 Å². The number of rotatable bonds is 7. The van der Waals surface area contributed by atoms with Crippen molar-refractivity contribution in [2.45, 2.75) is 41.0 Å². The van der Waals surface area contributed by atoms with Crippen LogP contribution >= 0.6 is 0 Å². The zero-order chi connectivity index (χ0) is 20.0. The summed E-state index contributed by atoms with van der Waals surface area (Å²) in [4.78, 5) is 0. The van der Waals surface area contributed by atoms with Crippen LogP contribution in [0, 0.1) is 11.3 Å². The van der Waals surface area contributed by atoms with Gasteiger partial charge in [-0.2, -0.15) is 0 Å². The quantitative estimate of drug-likeness (QED) is 0.653. The van der Waals surface area contributed by atoms with Gasteiger partial charge in [0.25, 0.3) is 0 Å². The molecule has 0 aliphatic heterocycles. The number of benzene rings is 2. The normalized spacial score (nSPS) is 12.7. The smallest absolute Gasteiger partial charge is 0.119 e. The molecule has 0 saturated carbocycles. The van der Waals surface area contributed by atoms with Crippen LogP contribution in [0.15, 0.2) is 48.5 Å². The summed E-state index contributed by atoms with van der Waals surface area (Å²) in [5.74, 6) is 1.43. The third kappa shape index (κ3) is 6.06. The fraction of sp³-hybridized carbons (Fsp3) is 0.417. The Labute approximate surface area is 164 Å². The van der Waals surface area contributed by atoms with E-state index in [2.05, 4.69) is 64.2 Å². The summed E-state index contributed by atoms with van der Waals surface area (Å²) in [6.07, 6.45) is 1.02. The maximum atomic E-state index is 6.59. The first-order valence-corrected chi connectivity index (χ1v) is 9.70. The van der Waals surface area contributed by atoms with Crippen molar-refractivity contribution in [3.05, 3.63) is 65.2 Å². The van der Waals surface area contributed by atoms with Crippen molar-refractivity contribution in [1.82, 2.24) is 5.32 Å². The average Bonchev–Trinajstić information content (AvgIpc) is 2.61. The Bertz CT molecular complexity index is 785. The van der Waals surface area contributed by atoms with Gasteiger partial charge in [0.05, 0.1) is 18.0 Å². The summed E-state index contributed by atoms with van der Waals surface area (Å²) in [5, 5.41) is 3.32. The highest BCUT2D eigenvalue weighted by molar-refractivity contribution is 5.89. The lowest BCUT2D eigenvalue weighted by Crippen LogP contribution is -2.17. The molecule has 0 amide bonds. The van der Waals surface area contributed by atoms with Gasteiger partial charge in [-0.05, 0) is 35.4 Å². The van der Waals surface area contributed by atoms with E-state index in [1.165, 1.54) is 5.56 Å². The minimum atomic E-state index is 0.114. The molecule has 0 heterocycles. The Morgan fingerprint density at radius 3 is 2.41 bits per heavy atom. The van der Waals surface area contributed by atoms with Crippen molar-refractivity contribution in [3.63, 3.8) is 0 Å². The van der Waals surface area contributed by atoms with E-state index >= 15 is 0 Å². The molecule has 0 spiro atoms. The summed E-state index contributed by atoms with van der Waals surface area (Å²) < 4.78 is 5.96. The van der Waals surface area contributed by atoms with Gasteiger partial charge in [-0.15, -0.1) is 0 Å². The van der Waals surface area contributed by atoms with E-state index in [4.69, 9.17) is 10.5 Å². The second-order valence-electron chi connectivity index (χ2n) is 8.67. The number of hydrogen-bond acceptors (Lipinski definition) is 3. The van der Waals surface area contributed by atoms with Crippen LogP contribution < -0.4 is 15.8 Å². The lowest BCUT2D eigenvalue weighted by Gasteiger charge is -2.20. The molecular weight excluding hydrogens is 332 g/mol. The molecule has 0 unspecified atom stereocenters. The van der Waals surface area contributed by atoms with Gasteiger partial charge in [0.15, 0.2) is 0 Å². The van der Waals surface area contributed by atoms with E-state index in [-0.39, 0.29) is 5.41 Å². The molecule has 2 aromatic carbocycles. The van der Waals surface area contributed by atoms with Gasteiger partial charge in [0, 0.05) is 18.2 Å². The third-order valence-corrected chi connectivity index (χ3v) is 4.25. The molecule has 0 atom stereocenters. The van der Waals surface area contributed by atoms with Gasteiger partial charge in [0.1, 0.15) is 5.75 Å². The number of hydrogen-bond donors (Lipinski definition) is 2. The van der Waals surface area contributed by atoms with Crippen LogP contribution in [0.2, 0.25) is 0 Å². The predicted molar refractivity (Wildman–Crippen MR) is 116 cm³/mol. The highest BCUT2D eigenvalue weighted by Gasteiger charge is 2.14. The molecule has 0 aliphatic rings. The van der Waals surface area contributed by atoms with Crippen molar-refractivity contribution in [1.29, 1.82) is 0 Å². The summed E-state index contributed by atoms with van der Waals surface area (Å²) in [6, 6.07) is 16.5. The fourth-order valence-corrected chi connectivity index (χ4v) is 2.99. The Kier molecular flexibility index (Phi) is 6.95. The van der Waals surface area contributed by atoms with Crippen molar-refractivity contribution in [2.24, 2.45) is 17.1 Å². The molecule has 0 radical (unpaired) electrons. The van der Waals surface area contributed by atoms with E-state index in [0.29, 0.717) is 12.5 Å². The molecule has 2 aromatic rings. The van der Waals surface area contributed by atoms with Crippen LogP contribution in [0.5, 0.6) is 5.75 Å². The lowest BCUT2D eigenvalue weighted by molar-refractivity contribution is 0.198. The molecule has 3 heteroatoms. The predicted octanol–water partition coefficient (Wildman–Crippen LogP) is 5.31. The molecule has 2 rings (SSSR count). The second-order valence-corrected chi connectivity index (χ2v) is 8.67. The molecule has 0 aromatic heterocycles. The van der Waals surface area contributed by atoms with Crippen molar-refractivity contribution < 1.29 is 4.74 Å². The lowest BCUT2D eigenvalue weighted by atomic mass is 9.94. The van der Waals surface area contributed by atoms with Crippen molar-refractivity contribution in [2.75, 3.05) is 13.7 Å². The average molecular weight is 367 g/mol. The highest BCUT2D eigenvalue weighted by atomic mass is 16.5. The summed E-state index contributed by atoms with van der Waals surface area (Å²) in [6.45, 7) is 11.6. The van der Waals surface area contributed by atoms with Crippen LogP contribution in [0.4, 0.5) is 0 Å². The van der Waals surface area contributed by atoms with E-state index in [1.54, 1.807) is 0 Å². The van der Waals surface area contributed by atoms with E-state index in [1.807, 2.05) is 31.3 Å². The molecule has 27 heavy (non-hydrogen) atoms. The second kappa shape index (κ2) is 8.98. The van der Waals surface area contributed by atoms with Crippen LogP contribution in [-0.2, 0) is 6.42 Å². The zero-order valence-corrected chi connectivity index (χ0v) is 17.6. The Balaban J connectivity index is 2.40. The Morgan fingerprint density at radius 2 is 1.78 bits per heavy atom. The van der Waals surface area contributed by atoms with Gasteiger partial charge in [-0.25, -0.2) is 0 Å². The topological polar surface area (TPSA) is 47.3 Å². The van der Waals surface area contributed by atoms with Gasteiger partial charge in [-0.1, -0.05) is 71.0 Å². The number of nitrogens with one attached hydrogen (secondary N) is 1. The number of nitrogens with two attached hydrogens (primary N) is 1. The SMILES string of the molecule is CN/C(=C(\N)c1cccc(OCC(C)(C)C)c1)c1ccccc1CC(C)C. The fourth-order valence-electron chi connectivity index (χ4n) is 2.99. The van der Waals surface area contributed by atoms with Crippen LogP contribution in [0.3, 0.4) is 0 Å². The highest BCUT2D eigenvalue weighted by Crippen LogP contribution is 2.27. The molecule has 0 bridgehead atoms. The molecular formula is C24H34N2O. The first-order valence-electron chi connectivity index (χ1n) is 9.70. The molecule has 0 aliphatic carbocycles. The largest absolute Gasteiger partial charge is 0.493 e. The van der Waals surface area contributed by atoms with Gasteiger partial charge in [0.2, 0.25) is 0 Å². The van der Waals surface area contributed by atoms with E-state index < -0.39 is 0 Å². The maximum Gasteiger partial charge on any atom is 0.119 e. The van der Waals surface area contributed by atoms with E-state index in [0.717, 1.165) is 34.7 Å². The first kappa shape index (κ1) is 20.9. The van der Waals surface area contributed by atoms with Gasteiger partial charge >= 0.3 is 0 Å². The van der Waals surface area contributed by atoms with Crippen molar-refractivity contribution in [3.8, 4) is 5.75 Å². The summed E-state index contributed by atoms with van der Waals surface area (Å²) >= 11 is 0. The monoisotopic (exact) mass is 366 g/mol. The van der Waals surface area contributed by atoms with Crippen molar-refractivity contribution >= 4 is 11.4 Å². The van der Waals surface area contributed by atoms with Gasteiger partial charge < -0.3 is 15.8 Å². The Hall–Kier alpha value is -2.42. The molecule has 146 valence electrons. The van der Waals surface area contributed by atoms with Crippen LogP contribution in [0.25, 0.3) is 11.4 Å². The maximum absolute atomic E-state index is 6.59. The van der Waals surface area contributed by atoms with Crippen LogP contribution in [0.1, 0.15) is 51.3 Å². The molecule has 3 N–H and O–H groups in total. The first-order chi connectivity index (χ1) is 12.7. The minimum Gasteiger partial charge on any atom is -0.493 e. The third-order valence-electron chi connectivity index (χ3n) is 4.25. The van der Waals surface area contributed by atoms with Gasteiger partial charge in [-0.3, -0.25) is 0 Å².